The quantitative estimate of drug-likeness (QED) is 0.751. The number of thioether (sulfide) groups is 1. The summed E-state index contributed by atoms with van der Waals surface area (Å²) in [5.74, 6) is -1.32. The number of ether oxygens (including phenoxy) is 1. The molecule has 2 amide bonds. The van der Waals surface area contributed by atoms with Crippen LogP contribution in [0.25, 0.3) is 0 Å². The van der Waals surface area contributed by atoms with Crippen LogP contribution in [-0.4, -0.2) is 29.3 Å². The van der Waals surface area contributed by atoms with Crippen LogP contribution in [0, 0.1) is 11.3 Å². The number of esters is 1. The molecular weight excluding hydrogens is 414 g/mol. The summed E-state index contributed by atoms with van der Waals surface area (Å²) in [7, 11) is 0. The van der Waals surface area contributed by atoms with Crippen LogP contribution < -0.4 is 10.2 Å². The van der Waals surface area contributed by atoms with Crippen LogP contribution in [0.1, 0.15) is 18.4 Å². The summed E-state index contributed by atoms with van der Waals surface area (Å²) < 4.78 is 5.27. The monoisotopic (exact) mass is 427 g/mol. The zero-order valence-corrected chi connectivity index (χ0v) is 16.5. The molecule has 0 bridgehead atoms. The maximum atomic E-state index is 12.9. The van der Waals surface area contributed by atoms with Crippen molar-refractivity contribution < 1.29 is 19.1 Å². The minimum atomic E-state index is -1.17. The van der Waals surface area contributed by atoms with Gasteiger partial charge in [0.1, 0.15) is 6.07 Å². The van der Waals surface area contributed by atoms with Crippen LogP contribution in [0.3, 0.4) is 0 Å². The van der Waals surface area contributed by atoms with Crippen LogP contribution in [0.4, 0.5) is 11.4 Å². The van der Waals surface area contributed by atoms with E-state index in [-0.39, 0.29) is 17.4 Å². The van der Waals surface area contributed by atoms with Crippen molar-refractivity contribution in [1.29, 1.82) is 5.26 Å². The van der Waals surface area contributed by atoms with Crippen molar-refractivity contribution in [2.45, 2.75) is 22.6 Å². The molecule has 1 fully saturated rings. The van der Waals surface area contributed by atoms with E-state index in [9.17, 15) is 14.4 Å². The normalized spacial score (nSPS) is 19.3. The fourth-order valence-corrected chi connectivity index (χ4v) is 5.03. The summed E-state index contributed by atoms with van der Waals surface area (Å²) in [5, 5.41) is 11.7. The summed E-state index contributed by atoms with van der Waals surface area (Å²) in [5.41, 5.74) is 1.36. The summed E-state index contributed by atoms with van der Waals surface area (Å²) in [6.07, 6.45) is 0.559. The van der Waals surface area contributed by atoms with Gasteiger partial charge in [0.25, 0.3) is 5.91 Å². The highest BCUT2D eigenvalue weighted by atomic mass is 35.5. The van der Waals surface area contributed by atoms with Crippen molar-refractivity contribution in [1.82, 2.24) is 0 Å². The lowest BCUT2D eigenvalue weighted by Crippen LogP contribution is -2.48. The summed E-state index contributed by atoms with van der Waals surface area (Å²) >= 11 is 7.22. The zero-order valence-electron chi connectivity index (χ0n) is 15.0. The Morgan fingerprint density at radius 1 is 1.31 bits per heavy atom. The Kier molecular flexibility index (Phi) is 4.94. The lowest BCUT2D eigenvalue weighted by atomic mass is 10.2. The van der Waals surface area contributed by atoms with Crippen LogP contribution in [0.2, 0.25) is 5.02 Å². The molecule has 7 nitrogen and oxygen atoms in total. The number of para-hydroxylation sites is 1. The lowest BCUT2D eigenvalue weighted by molar-refractivity contribution is -0.149. The Hall–Kier alpha value is -3.02. The number of carbonyl (C=O) groups is 3. The van der Waals surface area contributed by atoms with Crippen LogP contribution in [0.5, 0.6) is 0 Å². The van der Waals surface area contributed by atoms with Crippen LogP contribution >= 0.6 is 23.4 Å². The van der Waals surface area contributed by atoms with Gasteiger partial charge in [-0.25, -0.2) is 4.79 Å². The third kappa shape index (κ3) is 3.33. The first-order valence-corrected chi connectivity index (χ1v) is 9.92. The number of benzene rings is 2. The number of rotatable bonds is 4. The molecule has 1 atom stereocenters. The Labute approximate surface area is 175 Å². The van der Waals surface area contributed by atoms with E-state index in [4.69, 9.17) is 21.6 Å². The van der Waals surface area contributed by atoms with Crippen molar-refractivity contribution in [3.8, 4) is 6.07 Å². The van der Waals surface area contributed by atoms with Crippen molar-refractivity contribution in [3.63, 3.8) is 0 Å². The molecule has 2 aliphatic rings. The average Bonchev–Trinajstić information content (AvgIpc) is 3.22. The van der Waals surface area contributed by atoms with E-state index in [1.165, 1.54) is 34.9 Å². The van der Waals surface area contributed by atoms with Gasteiger partial charge < -0.3 is 10.1 Å². The molecule has 1 N–H and O–H groups in total. The third-order valence-corrected chi connectivity index (χ3v) is 6.47. The van der Waals surface area contributed by atoms with Crippen molar-refractivity contribution in [3.05, 3.63) is 53.1 Å². The predicted molar refractivity (Wildman–Crippen MR) is 108 cm³/mol. The Bertz CT molecular complexity index is 1080. The first-order chi connectivity index (χ1) is 13.9. The summed E-state index contributed by atoms with van der Waals surface area (Å²) in [6, 6.07) is 13.7. The number of carbonyl (C=O) groups excluding carboxylic acids is 3. The fourth-order valence-electron chi connectivity index (χ4n) is 3.40. The van der Waals surface area contributed by atoms with E-state index in [1.807, 2.05) is 24.3 Å². The number of halogens is 1. The number of nitrogens with one attached hydrogen (secondary N) is 1. The van der Waals surface area contributed by atoms with Gasteiger partial charge in [0, 0.05) is 23.4 Å². The van der Waals surface area contributed by atoms with Gasteiger partial charge in [-0.3, -0.25) is 14.5 Å². The van der Waals surface area contributed by atoms with E-state index >= 15 is 0 Å². The second-order valence-corrected chi connectivity index (χ2v) is 8.24. The molecule has 0 aliphatic carbocycles. The second-order valence-electron chi connectivity index (χ2n) is 6.51. The summed E-state index contributed by atoms with van der Waals surface area (Å²) in [4.78, 5) is 38.6. The first kappa shape index (κ1) is 19.3. The highest BCUT2D eigenvalue weighted by Crippen LogP contribution is 2.56. The number of hydrogen-bond acceptors (Lipinski definition) is 6. The van der Waals surface area contributed by atoms with Gasteiger partial charge in [-0.15, -0.1) is 0 Å². The number of amides is 2. The molecule has 0 radical (unpaired) electrons. The zero-order chi connectivity index (χ0) is 20.6. The molecule has 0 aromatic heterocycles. The molecule has 2 aliphatic heterocycles. The number of fused-ring (bicyclic) bond motifs is 3. The Morgan fingerprint density at radius 3 is 2.86 bits per heavy atom. The molecule has 1 unspecified atom stereocenters. The van der Waals surface area contributed by atoms with E-state index in [0.717, 1.165) is 4.90 Å². The number of anilines is 2. The molecule has 0 saturated carbocycles. The predicted octanol–water partition coefficient (Wildman–Crippen LogP) is 3.32. The van der Waals surface area contributed by atoms with Gasteiger partial charge in [0.2, 0.25) is 5.91 Å². The molecule has 2 aromatic rings. The van der Waals surface area contributed by atoms with Crippen LogP contribution in [0.15, 0.2) is 47.4 Å². The van der Waals surface area contributed by atoms with Gasteiger partial charge in [-0.2, -0.15) is 5.26 Å². The maximum Gasteiger partial charge on any atom is 0.344 e. The van der Waals surface area contributed by atoms with E-state index in [2.05, 4.69) is 5.32 Å². The molecule has 0 spiro atoms. The van der Waals surface area contributed by atoms with Gasteiger partial charge >= 0.3 is 5.97 Å². The van der Waals surface area contributed by atoms with Gasteiger partial charge in [0.15, 0.2) is 11.5 Å². The number of nitriles is 1. The second kappa shape index (κ2) is 7.43. The van der Waals surface area contributed by atoms with Gasteiger partial charge in [-0.1, -0.05) is 35.5 Å². The molecule has 9 heteroatoms. The van der Waals surface area contributed by atoms with Crippen molar-refractivity contribution >= 4 is 52.5 Å². The molecule has 1 saturated heterocycles. The lowest BCUT2D eigenvalue weighted by Gasteiger charge is -2.28. The Morgan fingerprint density at radius 2 is 2.10 bits per heavy atom. The third-order valence-electron chi connectivity index (χ3n) is 4.70. The smallest absolute Gasteiger partial charge is 0.344 e. The number of nitrogens with zero attached hydrogens (tertiary/aromatic N) is 2. The molecule has 146 valence electrons. The van der Waals surface area contributed by atoms with E-state index in [0.29, 0.717) is 23.4 Å². The van der Waals surface area contributed by atoms with Gasteiger partial charge in [-0.05, 0) is 30.3 Å². The molecule has 4 rings (SSSR count). The van der Waals surface area contributed by atoms with Gasteiger partial charge in [0.05, 0.1) is 16.3 Å². The molecule has 2 heterocycles. The largest absolute Gasteiger partial charge is 0.453 e. The first-order valence-electron chi connectivity index (χ1n) is 8.72. The SMILES string of the molecule is N#Cc1ccc(NC(=O)COC(=O)C23CCC(=O)N2c2ccccc2S3)cc1Cl. The van der Waals surface area contributed by atoms with E-state index < -0.39 is 23.4 Å². The standard InChI is InChI=1S/C20H14ClN3O4S/c21-14-9-13(6-5-12(14)10-22)23-17(25)11-28-19(27)20-8-7-18(26)24(20)15-3-1-2-4-16(15)29-20/h1-6,9H,7-8,11H2,(H,23,25). The highest BCUT2D eigenvalue weighted by molar-refractivity contribution is 8.02. The molecule has 29 heavy (non-hydrogen) atoms. The maximum absolute atomic E-state index is 12.9. The Balaban J connectivity index is 1.43. The topological polar surface area (TPSA) is 99.5 Å². The molecular formula is C20H14ClN3O4S. The highest BCUT2D eigenvalue weighted by Gasteiger charge is 2.58. The fraction of sp³-hybridized carbons (Fsp3) is 0.200. The minimum Gasteiger partial charge on any atom is -0.453 e. The summed E-state index contributed by atoms with van der Waals surface area (Å²) in [6.45, 7) is -0.503. The van der Waals surface area contributed by atoms with Crippen LogP contribution in [-0.2, 0) is 19.1 Å². The van der Waals surface area contributed by atoms with E-state index in [1.54, 1.807) is 6.07 Å². The number of hydrogen-bond donors (Lipinski definition) is 1. The molecule has 2 aromatic carbocycles. The van der Waals surface area contributed by atoms with Crippen molar-refractivity contribution in [2.75, 3.05) is 16.8 Å². The van der Waals surface area contributed by atoms with Crippen molar-refractivity contribution in [2.24, 2.45) is 0 Å². The minimum absolute atomic E-state index is 0.143. The average molecular weight is 428 g/mol.